The minimum atomic E-state index is -0.691. The number of piperidine rings is 1. The van der Waals surface area contributed by atoms with Crippen molar-refractivity contribution in [3.8, 4) is 22.3 Å². The van der Waals surface area contributed by atoms with Crippen LogP contribution in [0.1, 0.15) is 43.2 Å². The molecule has 0 aromatic heterocycles. The molecule has 0 radical (unpaired) electrons. The van der Waals surface area contributed by atoms with Gasteiger partial charge in [0, 0.05) is 18.6 Å². The summed E-state index contributed by atoms with van der Waals surface area (Å²) in [6, 6.07) is 39.8. The molecule has 202 valence electrons. The summed E-state index contributed by atoms with van der Waals surface area (Å²) >= 11 is 0. The second kappa shape index (κ2) is 13.7. The van der Waals surface area contributed by atoms with Gasteiger partial charge in [-0.25, -0.2) is 0 Å². The van der Waals surface area contributed by atoms with E-state index in [2.05, 4.69) is 114 Å². The third-order valence-corrected chi connectivity index (χ3v) is 8.30. The maximum absolute atomic E-state index is 10.4. The Labute approximate surface area is 233 Å². The third-order valence-electron chi connectivity index (χ3n) is 8.30. The van der Waals surface area contributed by atoms with Gasteiger partial charge in [-0.15, -0.1) is 0 Å². The molecule has 2 N–H and O–H groups in total. The van der Waals surface area contributed by atoms with Crippen LogP contribution in [-0.4, -0.2) is 46.5 Å². The monoisotopic (exact) mass is 519 g/mol. The van der Waals surface area contributed by atoms with Crippen LogP contribution in [0.2, 0.25) is 0 Å². The summed E-state index contributed by atoms with van der Waals surface area (Å²) < 4.78 is 0. The molecule has 1 fully saturated rings. The molecule has 0 saturated carbocycles. The Morgan fingerprint density at radius 2 is 1.00 bits per heavy atom. The first-order chi connectivity index (χ1) is 19.2. The van der Waals surface area contributed by atoms with E-state index in [1.165, 1.54) is 39.8 Å². The van der Waals surface area contributed by atoms with Gasteiger partial charge in [-0.05, 0) is 71.9 Å². The first-order valence-corrected chi connectivity index (χ1v) is 14.5. The minimum Gasteiger partial charge on any atom is -0.394 e. The SMILES string of the molecule is OC[C@@H](O)CN1[C@@H](CCc2ccc(-c3ccccc3)cc2)CCC[C@H]1CCc1ccc(-c2ccccc2)cc1. The van der Waals surface area contributed by atoms with Gasteiger partial charge >= 0.3 is 0 Å². The first-order valence-electron chi connectivity index (χ1n) is 14.5. The van der Waals surface area contributed by atoms with Gasteiger partial charge in [0.15, 0.2) is 0 Å². The lowest BCUT2D eigenvalue weighted by atomic mass is 9.88. The smallest absolute Gasteiger partial charge is 0.0897 e. The van der Waals surface area contributed by atoms with Crippen molar-refractivity contribution < 1.29 is 10.2 Å². The highest BCUT2D eigenvalue weighted by Gasteiger charge is 2.31. The molecule has 5 rings (SSSR count). The normalized spacial score (nSPS) is 18.6. The second-order valence-corrected chi connectivity index (χ2v) is 11.0. The molecule has 1 aliphatic heterocycles. The van der Waals surface area contributed by atoms with Crippen molar-refractivity contribution in [3.63, 3.8) is 0 Å². The lowest BCUT2D eigenvalue weighted by Crippen LogP contribution is -2.50. The van der Waals surface area contributed by atoms with Gasteiger partial charge in [0.25, 0.3) is 0 Å². The van der Waals surface area contributed by atoms with E-state index in [9.17, 15) is 10.2 Å². The minimum absolute atomic E-state index is 0.183. The molecule has 3 nitrogen and oxygen atoms in total. The summed E-state index contributed by atoms with van der Waals surface area (Å²) in [5, 5.41) is 20.0. The second-order valence-electron chi connectivity index (χ2n) is 11.0. The quantitative estimate of drug-likeness (QED) is 0.221. The predicted octanol–water partition coefficient (Wildman–Crippen LogP) is 7.16. The van der Waals surface area contributed by atoms with Gasteiger partial charge in [0.1, 0.15) is 0 Å². The summed E-state index contributed by atoms with van der Waals surface area (Å²) in [5.74, 6) is 0. The van der Waals surface area contributed by atoms with Crippen LogP contribution in [0, 0.1) is 0 Å². The number of aliphatic hydroxyl groups is 2. The Morgan fingerprint density at radius 3 is 1.41 bits per heavy atom. The van der Waals surface area contributed by atoms with E-state index in [-0.39, 0.29) is 6.61 Å². The molecule has 3 heteroatoms. The number of rotatable bonds is 11. The van der Waals surface area contributed by atoms with Crippen LogP contribution in [-0.2, 0) is 12.8 Å². The van der Waals surface area contributed by atoms with Crippen molar-refractivity contribution in [2.45, 2.75) is 63.1 Å². The van der Waals surface area contributed by atoms with E-state index in [0.717, 1.165) is 38.5 Å². The maximum atomic E-state index is 10.4. The number of β-amino-alcohol motifs (C(OH)–C–C–N with tert-alkyl or cyclic N) is 1. The highest BCUT2D eigenvalue weighted by molar-refractivity contribution is 5.64. The van der Waals surface area contributed by atoms with Crippen LogP contribution >= 0.6 is 0 Å². The zero-order valence-corrected chi connectivity index (χ0v) is 22.8. The molecule has 0 unspecified atom stereocenters. The van der Waals surface area contributed by atoms with Crippen molar-refractivity contribution in [3.05, 3.63) is 120 Å². The third kappa shape index (κ3) is 7.45. The predicted molar refractivity (Wildman–Crippen MR) is 162 cm³/mol. The summed E-state index contributed by atoms with van der Waals surface area (Å²) in [4.78, 5) is 2.51. The fourth-order valence-corrected chi connectivity index (χ4v) is 6.09. The van der Waals surface area contributed by atoms with Crippen LogP contribution in [0.5, 0.6) is 0 Å². The van der Waals surface area contributed by atoms with Gasteiger partial charge in [-0.1, -0.05) is 116 Å². The van der Waals surface area contributed by atoms with Gasteiger partial charge in [0.2, 0.25) is 0 Å². The molecule has 1 aliphatic rings. The fourth-order valence-electron chi connectivity index (χ4n) is 6.09. The molecular weight excluding hydrogens is 478 g/mol. The Morgan fingerprint density at radius 1 is 0.590 bits per heavy atom. The van der Waals surface area contributed by atoms with Crippen LogP contribution < -0.4 is 0 Å². The average Bonchev–Trinajstić information content (AvgIpc) is 3.01. The number of aliphatic hydroxyl groups excluding tert-OH is 2. The molecule has 0 amide bonds. The van der Waals surface area contributed by atoms with Gasteiger partial charge in [-0.2, -0.15) is 0 Å². The number of benzene rings is 4. The molecular formula is C36H41NO2. The molecule has 3 atom stereocenters. The van der Waals surface area contributed by atoms with E-state index in [4.69, 9.17) is 0 Å². The van der Waals surface area contributed by atoms with Crippen molar-refractivity contribution in [1.29, 1.82) is 0 Å². The van der Waals surface area contributed by atoms with Crippen molar-refractivity contribution in [2.24, 2.45) is 0 Å². The van der Waals surface area contributed by atoms with Gasteiger partial charge in [-0.3, -0.25) is 4.90 Å². The zero-order valence-electron chi connectivity index (χ0n) is 22.8. The number of hydrogen-bond donors (Lipinski definition) is 2. The van der Waals surface area contributed by atoms with Crippen LogP contribution in [0.3, 0.4) is 0 Å². The van der Waals surface area contributed by atoms with Crippen LogP contribution in [0.25, 0.3) is 22.3 Å². The summed E-state index contributed by atoms with van der Waals surface area (Å²) in [6.45, 7) is 0.365. The van der Waals surface area contributed by atoms with Crippen molar-refractivity contribution in [2.75, 3.05) is 13.2 Å². The Bertz CT molecular complexity index is 1160. The Hall–Kier alpha value is -3.24. The number of likely N-dealkylation sites (tertiary alicyclic amines) is 1. The summed E-state index contributed by atoms with van der Waals surface area (Å²) in [5.41, 5.74) is 7.72. The zero-order chi connectivity index (χ0) is 26.9. The molecule has 0 bridgehead atoms. The number of hydrogen-bond acceptors (Lipinski definition) is 3. The highest BCUT2D eigenvalue weighted by atomic mass is 16.3. The topological polar surface area (TPSA) is 43.7 Å². The largest absolute Gasteiger partial charge is 0.394 e. The molecule has 39 heavy (non-hydrogen) atoms. The van der Waals surface area contributed by atoms with Crippen molar-refractivity contribution in [1.82, 2.24) is 4.90 Å². The van der Waals surface area contributed by atoms with Crippen molar-refractivity contribution >= 4 is 0 Å². The molecule has 4 aromatic carbocycles. The standard InChI is InChI=1S/C36H41NO2/c38-27-36(39)26-37-34(24-18-28-14-20-32(21-15-28)30-8-3-1-4-9-30)12-7-13-35(37)25-19-29-16-22-33(23-17-29)31-10-5-2-6-11-31/h1-6,8-11,14-17,20-23,34-36,38-39H,7,12-13,18-19,24-27H2/t34-,35+,36-/m0/s1. The molecule has 4 aromatic rings. The van der Waals surface area contributed by atoms with Gasteiger partial charge in [0.05, 0.1) is 12.7 Å². The van der Waals surface area contributed by atoms with E-state index < -0.39 is 6.10 Å². The summed E-state index contributed by atoms with van der Waals surface area (Å²) in [6.07, 6.45) is 7.05. The van der Waals surface area contributed by atoms with E-state index in [1.54, 1.807) is 0 Å². The highest BCUT2D eigenvalue weighted by Crippen LogP contribution is 2.30. The van der Waals surface area contributed by atoms with E-state index in [0.29, 0.717) is 18.6 Å². The number of aryl methyl sites for hydroxylation is 2. The summed E-state index contributed by atoms with van der Waals surface area (Å²) in [7, 11) is 0. The van der Waals surface area contributed by atoms with Crippen LogP contribution in [0.15, 0.2) is 109 Å². The Balaban J connectivity index is 1.20. The Kier molecular flexibility index (Phi) is 9.61. The lowest BCUT2D eigenvalue weighted by Gasteiger charge is -2.43. The first kappa shape index (κ1) is 27.3. The lowest BCUT2D eigenvalue weighted by molar-refractivity contribution is 0.00214. The molecule has 0 spiro atoms. The maximum Gasteiger partial charge on any atom is 0.0897 e. The molecule has 1 heterocycles. The van der Waals surface area contributed by atoms with E-state index >= 15 is 0 Å². The molecule has 1 saturated heterocycles. The number of nitrogens with zero attached hydrogens (tertiary/aromatic N) is 1. The van der Waals surface area contributed by atoms with E-state index in [1.807, 2.05) is 0 Å². The fraction of sp³-hybridized carbons (Fsp3) is 0.333. The van der Waals surface area contributed by atoms with Gasteiger partial charge < -0.3 is 10.2 Å². The van der Waals surface area contributed by atoms with Crippen LogP contribution in [0.4, 0.5) is 0 Å². The average molecular weight is 520 g/mol. The molecule has 0 aliphatic carbocycles.